The summed E-state index contributed by atoms with van der Waals surface area (Å²) in [5, 5.41) is 0. The van der Waals surface area contributed by atoms with Gasteiger partial charge in [-0.25, -0.2) is 0 Å². The molecule has 0 aromatic heterocycles. The van der Waals surface area contributed by atoms with Gasteiger partial charge in [0.25, 0.3) is 0 Å². The van der Waals surface area contributed by atoms with Crippen LogP contribution in [-0.4, -0.2) is 6.79 Å². The lowest BCUT2D eigenvalue weighted by Gasteiger charge is -2.10. The van der Waals surface area contributed by atoms with Crippen molar-refractivity contribution in [2.24, 2.45) is 5.73 Å². The normalized spacial score (nSPS) is 12.5. The molecular weight excluding hydrogens is 242 g/mol. The smallest absolute Gasteiger partial charge is 0.231 e. The molecule has 0 atom stereocenters. The molecule has 1 aliphatic heterocycles. The summed E-state index contributed by atoms with van der Waals surface area (Å²) in [5.74, 6) is 2.25. The molecule has 1 aliphatic rings. The molecule has 98 valence electrons. The number of benzene rings is 2. The van der Waals surface area contributed by atoms with Crippen LogP contribution in [0.2, 0.25) is 0 Å². The van der Waals surface area contributed by atoms with Crippen molar-refractivity contribution >= 4 is 0 Å². The molecule has 2 N–H and O–H groups in total. The molecule has 2 aromatic rings. The number of nitrogens with two attached hydrogens (primary N) is 1. The number of hydrogen-bond acceptors (Lipinski definition) is 4. The van der Waals surface area contributed by atoms with Crippen LogP contribution in [0.25, 0.3) is 0 Å². The molecule has 2 aromatic carbocycles. The Kier molecular flexibility index (Phi) is 3.25. The number of ether oxygens (including phenoxy) is 3. The first-order valence-electron chi connectivity index (χ1n) is 6.16. The van der Waals surface area contributed by atoms with Crippen LogP contribution >= 0.6 is 0 Å². The van der Waals surface area contributed by atoms with Crippen LogP contribution in [0, 0.1) is 0 Å². The van der Waals surface area contributed by atoms with Gasteiger partial charge in [-0.05, 0) is 23.3 Å². The van der Waals surface area contributed by atoms with E-state index < -0.39 is 0 Å². The molecule has 0 saturated carbocycles. The van der Waals surface area contributed by atoms with Gasteiger partial charge in [0, 0.05) is 12.6 Å². The maximum atomic E-state index is 5.77. The van der Waals surface area contributed by atoms with E-state index in [0.717, 1.165) is 28.4 Å². The highest BCUT2D eigenvalue weighted by atomic mass is 16.7. The molecule has 0 amide bonds. The SMILES string of the molecule is NCc1ccccc1COc1ccc2c(c1)OCO2. The summed E-state index contributed by atoms with van der Waals surface area (Å²) in [4.78, 5) is 0. The third-order valence-electron chi connectivity index (χ3n) is 3.08. The summed E-state index contributed by atoms with van der Waals surface area (Å²) in [6.45, 7) is 1.28. The van der Waals surface area contributed by atoms with E-state index in [2.05, 4.69) is 0 Å². The van der Waals surface area contributed by atoms with Gasteiger partial charge in [0.2, 0.25) is 6.79 Å². The van der Waals surface area contributed by atoms with Crippen LogP contribution < -0.4 is 19.9 Å². The summed E-state index contributed by atoms with van der Waals surface area (Å²) >= 11 is 0. The van der Waals surface area contributed by atoms with Gasteiger partial charge < -0.3 is 19.9 Å². The van der Waals surface area contributed by atoms with Crippen LogP contribution in [-0.2, 0) is 13.2 Å². The fourth-order valence-electron chi connectivity index (χ4n) is 2.03. The molecule has 0 saturated heterocycles. The minimum Gasteiger partial charge on any atom is -0.489 e. The Hall–Kier alpha value is -2.20. The zero-order valence-corrected chi connectivity index (χ0v) is 10.5. The van der Waals surface area contributed by atoms with Crippen LogP contribution in [0.15, 0.2) is 42.5 Å². The van der Waals surface area contributed by atoms with Crippen LogP contribution in [0.3, 0.4) is 0 Å². The Morgan fingerprint density at radius 2 is 1.79 bits per heavy atom. The van der Waals surface area contributed by atoms with Gasteiger partial charge in [-0.1, -0.05) is 24.3 Å². The van der Waals surface area contributed by atoms with Crippen molar-refractivity contribution < 1.29 is 14.2 Å². The van der Waals surface area contributed by atoms with Gasteiger partial charge in [-0.15, -0.1) is 0 Å². The summed E-state index contributed by atoms with van der Waals surface area (Å²) < 4.78 is 16.3. The van der Waals surface area contributed by atoms with Crippen LogP contribution in [0.4, 0.5) is 0 Å². The third kappa shape index (κ3) is 2.48. The molecule has 0 bridgehead atoms. The van der Waals surface area contributed by atoms with E-state index in [9.17, 15) is 0 Å². The summed E-state index contributed by atoms with van der Waals surface area (Å²) in [6, 6.07) is 13.6. The highest BCUT2D eigenvalue weighted by molar-refractivity contribution is 5.47. The van der Waals surface area contributed by atoms with E-state index in [1.54, 1.807) is 0 Å². The average Bonchev–Trinajstić information content (AvgIpc) is 2.93. The predicted octanol–water partition coefficient (Wildman–Crippen LogP) is 2.45. The summed E-state index contributed by atoms with van der Waals surface area (Å²) in [7, 11) is 0. The van der Waals surface area contributed by atoms with Crippen LogP contribution in [0.5, 0.6) is 17.2 Å². The Labute approximate surface area is 111 Å². The molecule has 19 heavy (non-hydrogen) atoms. The lowest BCUT2D eigenvalue weighted by molar-refractivity contribution is 0.173. The summed E-state index contributed by atoms with van der Waals surface area (Å²) in [5.41, 5.74) is 7.90. The summed E-state index contributed by atoms with van der Waals surface area (Å²) in [6.07, 6.45) is 0. The first kappa shape index (κ1) is 11.9. The lowest BCUT2D eigenvalue weighted by atomic mass is 10.1. The second kappa shape index (κ2) is 5.20. The fraction of sp³-hybridized carbons (Fsp3) is 0.200. The van der Waals surface area contributed by atoms with Gasteiger partial charge in [0.15, 0.2) is 11.5 Å². The van der Waals surface area contributed by atoms with Crippen LogP contribution in [0.1, 0.15) is 11.1 Å². The molecule has 3 rings (SSSR count). The highest BCUT2D eigenvalue weighted by Crippen LogP contribution is 2.35. The Morgan fingerprint density at radius 1 is 1.00 bits per heavy atom. The quantitative estimate of drug-likeness (QED) is 0.914. The zero-order valence-electron chi connectivity index (χ0n) is 10.5. The Balaban J connectivity index is 1.72. The molecule has 4 nitrogen and oxygen atoms in total. The van der Waals surface area contributed by atoms with Crippen molar-refractivity contribution in [3.05, 3.63) is 53.6 Å². The number of fused-ring (bicyclic) bond motifs is 1. The monoisotopic (exact) mass is 257 g/mol. The fourth-order valence-corrected chi connectivity index (χ4v) is 2.03. The van der Waals surface area contributed by atoms with E-state index in [1.165, 1.54) is 0 Å². The second-order valence-corrected chi connectivity index (χ2v) is 4.28. The van der Waals surface area contributed by atoms with E-state index in [-0.39, 0.29) is 6.79 Å². The minimum atomic E-state index is 0.273. The van der Waals surface area contributed by atoms with E-state index >= 15 is 0 Å². The molecule has 0 fully saturated rings. The maximum Gasteiger partial charge on any atom is 0.231 e. The van der Waals surface area contributed by atoms with Gasteiger partial charge in [0.1, 0.15) is 12.4 Å². The molecular formula is C15H15NO3. The standard InChI is InChI=1S/C15H15NO3/c16-8-11-3-1-2-4-12(11)9-17-13-5-6-14-15(7-13)19-10-18-14/h1-7H,8-10,16H2. The number of hydrogen-bond donors (Lipinski definition) is 1. The van der Waals surface area contributed by atoms with Crippen molar-refractivity contribution in [2.75, 3.05) is 6.79 Å². The van der Waals surface area contributed by atoms with E-state index in [4.69, 9.17) is 19.9 Å². The van der Waals surface area contributed by atoms with Gasteiger partial charge in [0.05, 0.1) is 0 Å². The molecule has 0 radical (unpaired) electrons. The minimum absolute atomic E-state index is 0.273. The first-order valence-corrected chi connectivity index (χ1v) is 6.16. The molecule has 0 spiro atoms. The molecule has 0 unspecified atom stereocenters. The molecule has 0 aliphatic carbocycles. The van der Waals surface area contributed by atoms with Gasteiger partial charge in [-0.3, -0.25) is 0 Å². The predicted molar refractivity (Wildman–Crippen MR) is 71.2 cm³/mol. The first-order chi connectivity index (χ1) is 9.36. The van der Waals surface area contributed by atoms with Crippen molar-refractivity contribution in [3.63, 3.8) is 0 Å². The largest absolute Gasteiger partial charge is 0.489 e. The van der Waals surface area contributed by atoms with Crippen molar-refractivity contribution in [2.45, 2.75) is 13.2 Å². The zero-order chi connectivity index (χ0) is 13.1. The van der Waals surface area contributed by atoms with Crippen molar-refractivity contribution in [1.82, 2.24) is 0 Å². The Morgan fingerprint density at radius 3 is 2.63 bits per heavy atom. The highest BCUT2D eigenvalue weighted by Gasteiger charge is 2.13. The van der Waals surface area contributed by atoms with Gasteiger partial charge >= 0.3 is 0 Å². The maximum absolute atomic E-state index is 5.77. The molecule has 1 heterocycles. The van der Waals surface area contributed by atoms with Crippen molar-refractivity contribution in [1.29, 1.82) is 0 Å². The third-order valence-corrected chi connectivity index (χ3v) is 3.08. The van der Waals surface area contributed by atoms with Gasteiger partial charge in [-0.2, -0.15) is 0 Å². The van der Waals surface area contributed by atoms with Crippen molar-refractivity contribution in [3.8, 4) is 17.2 Å². The molecule has 4 heteroatoms. The Bertz CT molecular complexity index is 583. The topological polar surface area (TPSA) is 53.7 Å². The average molecular weight is 257 g/mol. The second-order valence-electron chi connectivity index (χ2n) is 4.28. The number of rotatable bonds is 4. The van der Waals surface area contributed by atoms with E-state index in [1.807, 2.05) is 42.5 Å². The lowest BCUT2D eigenvalue weighted by Crippen LogP contribution is -2.04. The van der Waals surface area contributed by atoms with E-state index in [0.29, 0.717) is 13.2 Å².